The van der Waals surface area contributed by atoms with E-state index in [1.54, 1.807) is 0 Å². The van der Waals surface area contributed by atoms with Crippen LogP contribution in [0.15, 0.2) is 54.6 Å². The molecule has 2 aromatic carbocycles. The van der Waals surface area contributed by atoms with Crippen molar-refractivity contribution >= 4 is 5.69 Å². The van der Waals surface area contributed by atoms with Crippen molar-refractivity contribution in [3.05, 3.63) is 66.0 Å². The van der Waals surface area contributed by atoms with E-state index in [-0.39, 0.29) is 11.9 Å². The predicted octanol–water partition coefficient (Wildman–Crippen LogP) is 3.74. The van der Waals surface area contributed by atoms with Gasteiger partial charge >= 0.3 is 0 Å². The highest BCUT2D eigenvalue weighted by Crippen LogP contribution is 2.18. The Hall–Kier alpha value is -1.87. The van der Waals surface area contributed by atoms with Crippen molar-refractivity contribution in [3.63, 3.8) is 0 Å². The molecule has 20 heavy (non-hydrogen) atoms. The Kier molecular flexibility index (Phi) is 5.13. The summed E-state index contributed by atoms with van der Waals surface area (Å²) in [4.78, 5) is 2.21. The quantitative estimate of drug-likeness (QED) is 0.868. The summed E-state index contributed by atoms with van der Waals surface area (Å²) < 4.78 is 13.0. The number of nitrogens with two attached hydrogens (primary N) is 1. The molecule has 2 rings (SSSR count). The van der Waals surface area contributed by atoms with Crippen LogP contribution in [0.2, 0.25) is 0 Å². The SMILES string of the molecule is CCN(CCC(N)c1ccccc1)c1ccc(F)cc1. The van der Waals surface area contributed by atoms with Gasteiger partial charge in [-0.2, -0.15) is 0 Å². The van der Waals surface area contributed by atoms with Crippen molar-refractivity contribution in [1.29, 1.82) is 0 Å². The Morgan fingerprint density at radius 2 is 1.70 bits per heavy atom. The maximum absolute atomic E-state index is 13.0. The standard InChI is InChI=1S/C17H21FN2/c1-2-20(16-10-8-15(18)9-11-16)13-12-17(19)14-6-4-3-5-7-14/h3-11,17H,2,12-13,19H2,1H3. The summed E-state index contributed by atoms with van der Waals surface area (Å²) in [5.74, 6) is -0.203. The van der Waals surface area contributed by atoms with Crippen LogP contribution < -0.4 is 10.6 Å². The monoisotopic (exact) mass is 272 g/mol. The summed E-state index contributed by atoms with van der Waals surface area (Å²) in [6.45, 7) is 3.84. The van der Waals surface area contributed by atoms with Gasteiger partial charge in [0, 0.05) is 24.8 Å². The number of hydrogen-bond donors (Lipinski definition) is 1. The Labute approximate surface area is 120 Å². The van der Waals surface area contributed by atoms with Gasteiger partial charge < -0.3 is 10.6 Å². The lowest BCUT2D eigenvalue weighted by atomic mass is 10.0. The number of halogens is 1. The molecule has 2 nitrogen and oxygen atoms in total. The minimum absolute atomic E-state index is 0.0331. The van der Waals surface area contributed by atoms with Gasteiger partial charge in [0.25, 0.3) is 0 Å². The molecule has 0 saturated carbocycles. The van der Waals surface area contributed by atoms with Crippen LogP contribution >= 0.6 is 0 Å². The van der Waals surface area contributed by atoms with Gasteiger partial charge in [0.15, 0.2) is 0 Å². The van der Waals surface area contributed by atoms with Gasteiger partial charge in [-0.1, -0.05) is 30.3 Å². The first kappa shape index (κ1) is 14.5. The maximum atomic E-state index is 13.0. The van der Waals surface area contributed by atoms with Crippen LogP contribution in [0.25, 0.3) is 0 Å². The highest BCUT2D eigenvalue weighted by Gasteiger charge is 2.09. The third kappa shape index (κ3) is 3.81. The summed E-state index contributed by atoms with van der Waals surface area (Å²) >= 11 is 0. The minimum atomic E-state index is -0.203. The lowest BCUT2D eigenvalue weighted by molar-refractivity contribution is 0.622. The predicted molar refractivity (Wildman–Crippen MR) is 82.3 cm³/mol. The summed E-state index contributed by atoms with van der Waals surface area (Å²) in [7, 11) is 0. The van der Waals surface area contributed by atoms with Gasteiger partial charge in [-0.3, -0.25) is 0 Å². The Morgan fingerprint density at radius 3 is 2.30 bits per heavy atom. The van der Waals surface area contributed by atoms with Crippen molar-refractivity contribution in [2.24, 2.45) is 5.73 Å². The van der Waals surface area contributed by atoms with E-state index in [2.05, 4.69) is 24.0 Å². The zero-order valence-corrected chi connectivity index (χ0v) is 11.8. The fourth-order valence-corrected chi connectivity index (χ4v) is 2.28. The van der Waals surface area contributed by atoms with E-state index in [9.17, 15) is 4.39 Å². The van der Waals surface area contributed by atoms with Crippen molar-refractivity contribution < 1.29 is 4.39 Å². The van der Waals surface area contributed by atoms with E-state index < -0.39 is 0 Å². The first-order valence-electron chi connectivity index (χ1n) is 7.01. The van der Waals surface area contributed by atoms with Crippen molar-refractivity contribution in [2.75, 3.05) is 18.0 Å². The molecule has 2 N–H and O–H groups in total. The second-order valence-electron chi connectivity index (χ2n) is 4.86. The molecule has 0 saturated heterocycles. The topological polar surface area (TPSA) is 29.3 Å². The molecule has 0 amide bonds. The molecule has 0 aliphatic carbocycles. The molecule has 0 aliphatic rings. The molecule has 0 aliphatic heterocycles. The van der Waals surface area contributed by atoms with E-state index in [1.807, 2.05) is 30.3 Å². The third-order valence-electron chi connectivity index (χ3n) is 3.51. The van der Waals surface area contributed by atoms with Gasteiger partial charge in [0.05, 0.1) is 0 Å². The summed E-state index contributed by atoms with van der Waals surface area (Å²) in [6.07, 6.45) is 0.870. The first-order valence-corrected chi connectivity index (χ1v) is 7.01. The zero-order valence-electron chi connectivity index (χ0n) is 11.8. The summed E-state index contributed by atoms with van der Waals surface area (Å²) in [6, 6.07) is 16.8. The van der Waals surface area contributed by atoms with Gasteiger partial charge in [-0.15, -0.1) is 0 Å². The second kappa shape index (κ2) is 7.06. The van der Waals surface area contributed by atoms with Crippen LogP contribution in [0.3, 0.4) is 0 Å². The highest BCUT2D eigenvalue weighted by molar-refractivity contribution is 5.46. The third-order valence-corrected chi connectivity index (χ3v) is 3.51. The molecule has 0 radical (unpaired) electrons. The molecule has 0 heterocycles. The summed E-state index contributed by atoms with van der Waals surface area (Å²) in [5.41, 5.74) is 8.41. The number of rotatable bonds is 6. The lowest BCUT2D eigenvalue weighted by Gasteiger charge is -2.25. The van der Waals surface area contributed by atoms with Gasteiger partial charge in [-0.05, 0) is 43.2 Å². The lowest BCUT2D eigenvalue weighted by Crippen LogP contribution is -2.27. The summed E-state index contributed by atoms with van der Waals surface area (Å²) in [5, 5.41) is 0. The van der Waals surface area contributed by atoms with Crippen LogP contribution in [0.5, 0.6) is 0 Å². The number of benzene rings is 2. The molecule has 2 aromatic rings. The van der Waals surface area contributed by atoms with Crippen LogP contribution in [0.1, 0.15) is 24.9 Å². The molecular weight excluding hydrogens is 251 g/mol. The first-order chi connectivity index (χ1) is 9.70. The largest absolute Gasteiger partial charge is 0.372 e. The molecule has 0 aromatic heterocycles. The average molecular weight is 272 g/mol. The molecule has 0 spiro atoms. The number of anilines is 1. The average Bonchev–Trinajstić information content (AvgIpc) is 2.50. The van der Waals surface area contributed by atoms with Crippen molar-refractivity contribution in [3.8, 4) is 0 Å². The smallest absolute Gasteiger partial charge is 0.123 e. The second-order valence-corrected chi connectivity index (χ2v) is 4.86. The molecule has 106 valence electrons. The fourth-order valence-electron chi connectivity index (χ4n) is 2.28. The van der Waals surface area contributed by atoms with Crippen molar-refractivity contribution in [1.82, 2.24) is 0 Å². The van der Waals surface area contributed by atoms with E-state index in [0.717, 1.165) is 30.8 Å². The van der Waals surface area contributed by atoms with Crippen molar-refractivity contribution in [2.45, 2.75) is 19.4 Å². The zero-order chi connectivity index (χ0) is 14.4. The Balaban J connectivity index is 1.95. The molecule has 1 atom stereocenters. The highest BCUT2D eigenvalue weighted by atomic mass is 19.1. The van der Waals surface area contributed by atoms with Gasteiger partial charge in [-0.25, -0.2) is 4.39 Å². The minimum Gasteiger partial charge on any atom is -0.372 e. The number of hydrogen-bond acceptors (Lipinski definition) is 2. The normalized spacial score (nSPS) is 12.2. The van der Waals surface area contributed by atoms with E-state index in [1.165, 1.54) is 12.1 Å². The Morgan fingerprint density at radius 1 is 1.05 bits per heavy atom. The molecule has 0 bridgehead atoms. The van der Waals surface area contributed by atoms with E-state index in [0.29, 0.717) is 0 Å². The van der Waals surface area contributed by atoms with Crippen LogP contribution in [0, 0.1) is 5.82 Å². The maximum Gasteiger partial charge on any atom is 0.123 e. The van der Waals surface area contributed by atoms with Gasteiger partial charge in [0.1, 0.15) is 5.82 Å². The van der Waals surface area contributed by atoms with Crippen LogP contribution in [-0.4, -0.2) is 13.1 Å². The van der Waals surface area contributed by atoms with Crippen LogP contribution in [0.4, 0.5) is 10.1 Å². The Bertz CT molecular complexity index is 510. The molecular formula is C17H21FN2. The molecule has 3 heteroatoms. The van der Waals surface area contributed by atoms with Gasteiger partial charge in [0.2, 0.25) is 0 Å². The van der Waals surface area contributed by atoms with E-state index in [4.69, 9.17) is 5.73 Å². The van der Waals surface area contributed by atoms with Crippen LogP contribution in [-0.2, 0) is 0 Å². The fraction of sp³-hybridized carbons (Fsp3) is 0.294. The van der Waals surface area contributed by atoms with E-state index >= 15 is 0 Å². The molecule has 1 unspecified atom stereocenters. The molecule has 0 fully saturated rings. The number of nitrogens with zero attached hydrogens (tertiary/aromatic N) is 1.